The maximum atomic E-state index is 12.8. The fourth-order valence-electron chi connectivity index (χ4n) is 3.94. The van der Waals surface area contributed by atoms with E-state index >= 15 is 0 Å². The molecule has 2 aliphatic rings. The van der Waals surface area contributed by atoms with Gasteiger partial charge in [-0.2, -0.15) is 0 Å². The molecule has 4 heteroatoms. The number of nitrogens with zero attached hydrogens (tertiary/aromatic N) is 1. The largest absolute Gasteiger partial charge is 0.342 e. The topological polar surface area (TPSA) is 32.3 Å². The number of aryl methyl sites for hydroxylation is 1. The highest BCUT2D eigenvalue weighted by molar-refractivity contribution is 5.85. The lowest BCUT2D eigenvalue weighted by atomic mass is 9.85. The fourth-order valence-corrected chi connectivity index (χ4v) is 3.94. The predicted octanol–water partition coefficient (Wildman–Crippen LogP) is 3.14. The summed E-state index contributed by atoms with van der Waals surface area (Å²) in [4.78, 5) is 15.0. The van der Waals surface area contributed by atoms with Gasteiger partial charge in [-0.25, -0.2) is 0 Å². The Morgan fingerprint density at radius 3 is 2.39 bits per heavy atom. The normalized spacial score (nSPS) is 23.5. The summed E-state index contributed by atoms with van der Waals surface area (Å²) in [6.45, 7) is 8.32. The highest BCUT2D eigenvalue weighted by Gasteiger charge is 2.41. The standard InChI is InChI=1S/C19H28N2O.ClH/c1-19(2,10-6-9-15-7-4-3-5-8-15)18(22)21-13-16-11-20-12-17(16)14-21;/h3-5,7-8,16-17,20H,6,9-14H2,1-2H3;1H/t16-,17+;. The summed E-state index contributed by atoms with van der Waals surface area (Å²) in [6, 6.07) is 10.6. The van der Waals surface area contributed by atoms with Crippen LogP contribution in [0.1, 0.15) is 32.3 Å². The summed E-state index contributed by atoms with van der Waals surface area (Å²) in [6.07, 6.45) is 3.10. The lowest BCUT2D eigenvalue weighted by Crippen LogP contribution is -2.41. The highest BCUT2D eigenvalue weighted by Crippen LogP contribution is 2.32. The molecule has 1 amide bonds. The predicted molar refractivity (Wildman–Crippen MR) is 96.8 cm³/mol. The van der Waals surface area contributed by atoms with Crippen LogP contribution in [0.15, 0.2) is 30.3 Å². The molecule has 1 aromatic rings. The van der Waals surface area contributed by atoms with Gasteiger partial charge in [0, 0.05) is 31.6 Å². The zero-order valence-corrected chi connectivity index (χ0v) is 15.1. The van der Waals surface area contributed by atoms with Crippen molar-refractivity contribution in [3.05, 3.63) is 35.9 Å². The van der Waals surface area contributed by atoms with Crippen LogP contribution in [-0.2, 0) is 11.2 Å². The lowest BCUT2D eigenvalue weighted by Gasteiger charge is -2.30. The van der Waals surface area contributed by atoms with Gasteiger partial charge in [0.2, 0.25) is 5.91 Å². The highest BCUT2D eigenvalue weighted by atomic mass is 35.5. The summed E-state index contributed by atoms with van der Waals surface area (Å²) in [5.41, 5.74) is 1.13. The minimum Gasteiger partial charge on any atom is -0.342 e. The zero-order valence-electron chi connectivity index (χ0n) is 14.3. The molecule has 2 aliphatic heterocycles. The van der Waals surface area contributed by atoms with Crippen LogP contribution in [0.4, 0.5) is 0 Å². The van der Waals surface area contributed by atoms with Gasteiger partial charge in [-0.05, 0) is 36.7 Å². The Hall–Kier alpha value is -1.06. The summed E-state index contributed by atoms with van der Waals surface area (Å²) >= 11 is 0. The molecule has 0 saturated carbocycles. The van der Waals surface area contributed by atoms with Crippen molar-refractivity contribution in [3.63, 3.8) is 0 Å². The maximum Gasteiger partial charge on any atom is 0.228 e. The van der Waals surface area contributed by atoms with Crippen molar-refractivity contribution in [2.45, 2.75) is 33.1 Å². The molecule has 0 bridgehead atoms. The maximum absolute atomic E-state index is 12.8. The Labute approximate surface area is 146 Å². The summed E-state index contributed by atoms with van der Waals surface area (Å²) in [5.74, 6) is 1.73. The number of fused-ring (bicyclic) bond motifs is 1. The van der Waals surface area contributed by atoms with Crippen LogP contribution >= 0.6 is 12.4 Å². The van der Waals surface area contributed by atoms with Crippen LogP contribution in [0.3, 0.4) is 0 Å². The second-order valence-electron chi connectivity index (χ2n) is 7.61. The van der Waals surface area contributed by atoms with E-state index in [0.717, 1.165) is 45.4 Å². The summed E-state index contributed by atoms with van der Waals surface area (Å²) < 4.78 is 0. The van der Waals surface area contributed by atoms with Crippen molar-refractivity contribution < 1.29 is 4.79 Å². The van der Waals surface area contributed by atoms with E-state index in [1.54, 1.807) is 0 Å². The monoisotopic (exact) mass is 336 g/mol. The molecule has 23 heavy (non-hydrogen) atoms. The van der Waals surface area contributed by atoms with Gasteiger partial charge in [0.05, 0.1) is 0 Å². The third-order valence-corrected chi connectivity index (χ3v) is 5.37. The molecular formula is C19H29ClN2O. The number of benzene rings is 1. The third kappa shape index (κ3) is 4.27. The van der Waals surface area contributed by atoms with Gasteiger partial charge in [-0.1, -0.05) is 44.2 Å². The second kappa shape index (κ2) is 7.67. The molecule has 3 rings (SSSR count). The van der Waals surface area contributed by atoms with Gasteiger partial charge in [0.15, 0.2) is 0 Å². The van der Waals surface area contributed by atoms with Gasteiger partial charge in [0.1, 0.15) is 0 Å². The number of likely N-dealkylation sites (tertiary alicyclic amines) is 1. The van der Waals surface area contributed by atoms with E-state index in [9.17, 15) is 4.79 Å². The number of rotatable bonds is 5. The second-order valence-corrected chi connectivity index (χ2v) is 7.61. The molecule has 0 spiro atoms. The molecular weight excluding hydrogens is 308 g/mol. The first-order valence-electron chi connectivity index (χ1n) is 8.60. The first kappa shape index (κ1) is 18.3. The minimum absolute atomic E-state index is 0. The Morgan fingerprint density at radius 2 is 1.78 bits per heavy atom. The number of carbonyl (C=O) groups excluding carboxylic acids is 1. The van der Waals surface area contributed by atoms with Crippen LogP contribution in [0.5, 0.6) is 0 Å². The number of amides is 1. The van der Waals surface area contributed by atoms with E-state index in [2.05, 4.69) is 54.4 Å². The molecule has 0 aliphatic carbocycles. The first-order valence-corrected chi connectivity index (χ1v) is 8.60. The van der Waals surface area contributed by atoms with E-state index in [0.29, 0.717) is 17.7 Å². The Bertz CT molecular complexity index is 505. The first-order chi connectivity index (χ1) is 10.6. The number of nitrogens with one attached hydrogen (secondary N) is 1. The fraction of sp³-hybridized carbons (Fsp3) is 0.632. The van der Waals surface area contributed by atoms with Crippen molar-refractivity contribution in [1.82, 2.24) is 10.2 Å². The van der Waals surface area contributed by atoms with Gasteiger partial charge < -0.3 is 10.2 Å². The van der Waals surface area contributed by atoms with Crippen molar-refractivity contribution in [1.29, 1.82) is 0 Å². The number of hydrogen-bond donors (Lipinski definition) is 1. The van der Waals surface area contributed by atoms with Gasteiger partial charge in [0.25, 0.3) is 0 Å². The molecule has 2 saturated heterocycles. The minimum atomic E-state index is -0.235. The molecule has 0 unspecified atom stereocenters. The van der Waals surface area contributed by atoms with Crippen molar-refractivity contribution in [2.24, 2.45) is 17.3 Å². The number of carbonyl (C=O) groups is 1. The van der Waals surface area contributed by atoms with Crippen molar-refractivity contribution >= 4 is 18.3 Å². The summed E-state index contributed by atoms with van der Waals surface area (Å²) in [5, 5.41) is 3.44. The number of hydrogen-bond acceptors (Lipinski definition) is 2. The van der Waals surface area contributed by atoms with Crippen LogP contribution < -0.4 is 5.32 Å². The smallest absolute Gasteiger partial charge is 0.228 e. The molecule has 128 valence electrons. The molecule has 3 nitrogen and oxygen atoms in total. The molecule has 2 atom stereocenters. The van der Waals surface area contributed by atoms with Crippen molar-refractivity contribution in [3.8, 4) is 0 Å². The molecule has 1 aromatic carbocycles. The molecule has 2 heterocycles. The summed E-state index contributed by atoms with van der Waals surface area (Å²) in [7, 11) is 0. The zero-order chi connectivity index (χ0) is 15.6. The average Bonchev–Trinajstić information content (AvgIpc) is 3.08. The van der Waals surface area contributed by atoms with E-state index < -0.39 is 0 Å². The third-order valence-electron chi connectivity index (χ3n) is 5.37. The Balaban J connectivity index is 0.00000192. The lowest BCUT2D eigenvalue weighted by molar-refractivity contribution is -0.140. The van der Waals surface area contributed by atoms with Crippen LogP contribution in [-0.4, -0.2) is 37.0 Å². The van der Waals surface area contributed by atoms with Crippen LogP contribution in [0.2, 0.25) is 0 Å². The SMILES string of the molecule is CC(C)(CCCc1ccccc1)C(=O)N1C[C@H]2CNC[C@H]2C1.Cl. The van der Waals surface area contributed by atoms with Crippen LogP contribution in [0, 0.1) is 17.3 Å². The average molecular weight is 337 g/mol. The van der Waals surface area contributed by atoms with Crippen LogP contribution in [0.25, 0.3) is 0 Å². The Kier molecular flexibility index (Phi) is 6.10. The van der Waals surface area contributed by atoms with E-state index in [4.69, 9.17) is 0 Å². The van der Waals surface area contributed by atoms with E-state index in [-0.39, 0.29) is 17.8 Å². The number of halogens is 1. The Morgan fingerprint density at radius 1 is 1.17 bits per heavy atom. The van der Waals surface area contributed by atoms with Gasteiger partial charge >= 0.3 is 0 Å². The van der Waals surface area contributed by atoms with Crippen molar-refractivity contribution in [2.75, 3.05) is 26.2 Å². The molecule has 1 N–H and O–H groups in total. The molecule has 0 aromatic heterocycles. The molecule has 0 radical (unpaired) electrons. The van der Waals surface area contributed by atoms with Gasteiger partial charge in [-0.3, -0.25) is 4.79 Å². The van der Waals surface area contributed by atoms with E-state index in [1.165, 1.54) is 5.56 Å². The van der Waals surface area contributed by atoms with Gasteiger partial charge in [-0.15, -0.1) is 12.4 Å². The van der Waals surface area contributed by atoms with E-state index in [1.807, 2.05) is 0 Å². The molecule has 2 fully saturated rings. The quantitative estimate of drug-likeness (QED) is 0.896.